The van der Waals surface area contributed by atoms with Crippen LogP contribution in [0.4, 0.5) is 0 Å². The quantitative estimate of drug-likeness (QED) is 0.847. The Morgan fingerprint density at radius 3 is 2.56 bits per heavy atom. The second-order valence-corrected chi connectivity index (χ2v) is 5.43. The Morgan fingerprint density at radius 1 is 1.11 bits per heavy atom. The zero-order valence-corrected chi connectivity index (χ0v) is 12.5. The number of ether oxygens (including phenoxy) is 1. The van der Waals surface area contributed by atoms with Crippen molar-refractivity contribution < 1.29 is 4.74 Å². The number of benzene rings is 2. The monoisotopic (exact) mass is 353 g/mol. The van der Waals surface area contributed by atoms with Crippen molar-refractivity contribution in [2.75, 3.05) is 6.54 Å². The SMILES string of the molecule is Cc1cc(Oc2cccc(I)c2)ccc1CCN. The molecule has 2 aromatic carbocycles. The van der Waals surface area contributed by atoms with Gasteiger partial charge in [0.2, 0.25) is 0 Å². The summed E-state index contributed by atoms with van der Waals surface area (Å²) in [5, 5.41) is 0. The average Bonchev–Trinajstić information content (AvgIpc) is 2.33. The molecule has 2 aromatic rings. The number of rotatable bonds is 4. The van der Waals surface area contributed by atoms with E-state index < -0.39 is 0 Å². The second kappa shape index (κ2) is 6.20. The molecule has 0 radical (unpaired) electrons. The van der Waals surface area contributed by atoms with Gasteiger partial charge in [0.25, 0.3) is 0 Å². The Kier molecular flexibility index (Phi) is 4.60. The summed E-state index contributed by atoms with van der Waals surface area (Å²) in [6.45, 7) is 2.77. The molecule has 0 saturated carbocycles. The molecule has 2 N–H and O–H groups in total. The van der Waals surface area contributed by atoms with Crippen molar-refractivity contribution in [3.05, 3.63) is 57.2 Å². The zero-order chi connectivity index (χ0) is 13.0. The Bertz CT molecular complexity index is 540. The lowest BCUT2D eigenvalue weighted by molar-refractivity contribution is 0.481. The van der Waals surface area contributed by atoms with Gasteiger partial charge in [-0.3, -0.25) is 0 Å². The topological polar surface area (TPSA) is 35.2 Å². The highest BCUT2D eigenvalue weighted by atomic mass is 127. The Hall–Kier alpha value is -1.07. The van der Waals surface area contributed by atoms with Crippen molar-refractivity contribution >= 4 is 22.6 Å². The van der Waals surface area contributed by atoms with Crippen LogP contribution in [0, 0.1) is 10.5 Å². The van der Waals surface area contributed by atoms with E-state index in [1.54, 1.807) is 0 Å². The molecular weight excluding hydrogens is 337 g/mol. The molecule has 2 rings (SSSR count). The summed E-state index contributed by atoms with van der Waals surface area (Å²) in [5.41, 5.74) is 8.09. The summed E-state index contributed by atoms with van der Waals surface area (Å²) in [7, 11) is 0. The summed E-state index contributed by atoms with van der Waals surface area (Å²) >= 11 is 2.28. The van der Waals surface area contributed by atoms with Gasteiger partial charge in [-0.1, -0.05) is 12.1 Å². The average molecular weight is 353 g/mol. The predicted octanol–water partition coefficient (Wildman–Crippen LogP) is 3.89. The minimum Gasteiger partial charge on any atom is -0.457 e. The van der Waals surface area contributed by atoms with Gasteiger partial charge in [-0.05, 0) is 83.9 Å². The van der Waals surface area contributed by atoms with Crippen LogP contribution in [0.1, 0.15) is 11.1 Å². The Labute approximate surface area is 121 Å². The third-order valence-corrected chi connectivity index (χ3v) is 3.43. The van der Waals surface area contributed by atoms with E-state index in [2.05, 4.69) is 41.6 Å². The largest absolute Gasteiger partial charge is 0.457 e. The molecule has 0 fully saturated rings. The van der Waals surface area contributed by atoms with E-state index in [1.165, 1.54) is 14.7 Å². The molecule has 94 valence electrons. The van der Waals surface area contributed by atoms with E-state index >= 15 is 0 Å². The highest BCUT2D eigenvalue weighted by molar-refractivity contribution is 14.1. The van der Waals surface area contributed by atoms with Crippen LogP contribution in [0.2, 0.25) is 0 Å². The molecule has 2 nitrogen and oxygen atoms in total. The number of aryl methyl sites for hydroxylation is 1. The lowest BCUT2D eigenvalue weighted by Gasteiger charge is -2.09. The maximum absolute atomic E-state index is 5.84. The minimum absolute atomic E-state index is 0.678. The van der Waals surface area contributed by atoms with Gasteiger partial charge in [0.1, 0.15) is 11.5 Å². The number of halogens is 1. The summed E-state index contributed by atoms with van der Waals surface area (Å²) in [4.78, 5) is 0. The predicted molar refractivity (Wildman–Crippen MR) is 83.2 cm³/mol. The molecule has 0 aliphatic carbocycles. The fourth-order valence-electron chi connectivity index (χ4n) is 1.83. The van der Waals surface area contributed by atoms with Crippen LogP contribution in [0.3, 0.4) is 0 Å². The van der Waals surface area contributed by atoms with E-state index in [0.29, 0.717) is 6.54 Å². The Morgan fingerprint density at radius 2 is 1.89 bits per heavy atom. The lowest BCUT2D eigenvalue weighted by atomic mass is 10.1. The fraction of sp³-hybridized carbons (Fsp3) is 0.200. The number of hydrogen-bond donors (Lipinski definition) is 1. The first-order valence-corrected chi connectivity index (χ1v) is 7.00. The van der Waals surface area contributed by atoms with Crippen LogP contribution in [-0.2, 0) is 6.42 Å². The van der Waals surface area contributed by atoms with Gasteiger partial charge in [-0.15, -0.1) is 0 Å². The molecule has 18 heavy (non-hydrogen) atoms. The molecule has 0 aromatic heterocycles. The van der Waals surface area contributed by atoms with Gasteiger partial charge in [-0.25, -0.2) is 0 Å². The Balaban J connectivity index is 2.17. The smallest absolute Gasteiger partial charge is 0.128 e. The molecule has 0 atom stereocenters. The first-order chi connectivity index (χ1) is 8.69. The molecule has 0 bridgehead atoms. The number of nitrogens with two attached hydrogens (primary N) is 1. The molecular formula is C15H16INO. The van der Waals surface area contributed by atoms with Gasteiger partial charge in [0, 0.05) is 3.57 Å². The molecule has 0 spiro atoms. The van der Waals surface area contributed by atoms with E-state index in [0.717, 1.165) is 17.9 Å². The van der Waals surface area contributed by atoms with E-state index in [4.69, 9.17) is 10.5 Å². The summed E-state index contributed by atoms with van der Waals surface area (Å²) in [5.74, 6) is 1.74. The van der Waals surface area contributed by atoms with Crippen molar-refractivity contribution in [3.8, 4) is 11.5 Å². The van der Waals surface area contributed by atoms with Gasteiger partial charge >= 0.3 is 0 Å². The van der Waals surface area contributed by atoms with E-state index in [-0.39, 0.29) is 0 Å². The molecule has 0 unspecified atom stereocenters. The van der Waals surface area contributed by atoms with Crippen LogP contribution in [0.25, 0.3) is 0 Å². The third-order valence-electron chi connectivity index (χ3n) is 2.76. The van der Waals surface area contributed by atoms with Crippen LogP contribution in [0.5, 0.6) is 11.5 Å². The van der Waals surface area contributed by atoms with E-state index in [9.17, 15) is 0 Å². The minimum atomic E-state index is 0.678. The number of hydrogen-bond acceptors (Lipinski definition) is 2. The highest BCUT2D eigenvalue weighted by Crippen LogP contribution is 2.25. The summed E-state index contributed by atoms with van der Waals surface area (Å²) in [6.07, 6.45) is 0.912. The molecule has 0 heterocycles. The molecule has 0 amide bonds. The van der Waals surface area contributed by atoms with Gasteiger partial charge in [0.05, 0.1) is 0 Å². The maximum atomic E-state index is 5.84. The van der Waals surface area contributed by atoms with Gasteiger partial charge in [-0.2, -0.15) is 0 Å². The third kappa shape index (κ3) is 3.46. The second-order valence-electron chi connectivity index (χ2n) is 4.19. The molecule has 0 saturated heterocycles. The van der Waals surface area contributed by atoms with Gasteiger partial charge in [0.15, 0.2) is 0 Å². The summed E-state index contributed by atoms with van der Waals surface area (Å²) < 4.78 is 7.01. The summed E-state index contributed by atoms with van der Waals surface area (Å²) in [6, 6.07) is 14.2. The molecule has 0 aliphatic heterocycles. The first kappa shape index (κ1) is 13.4. The fourth-order valence-corrected chi connectivity index (χ4v) is 2.35. The van der Waals surface area contributed by atoms with Crippen molar-refractivity contribution in [2.24, 2.45) is 5.73 Å². The van der Waals surface area contributed by atoms with Crippen LogP contribution in [0.15, 0.2) is 42.5 Å². The van der Waals surface area contributed by atoms with Crippen molar-refractivity contribution in [3.63, 3.8) is 0 Å². The van der Waals surface area contributed by atoms with Gasteiger partial charge < -0.3 is 10.5 Å². The molecule has 0 aliphatic rings. The van der Waals surface area contributed by atoms with Crippen LogP contribution >= 0.6 is 22.6 Å². The van der Waals surface area contributed by atoms with E-state index in [1.807, 2.05) is 30.3 Å². The van der Waals surface area contributed by atoms with Crippen LogP contribution < -0.4 is 10.5 Å². The van der Waals surface area contributed by atoms with Crippen molar-refractivity contribution in [1.82, 2.24) is 0 Å². The van der Waals surface area contributed by atoms with Crippen molar-refractivity contribution in [2.45, 2.75) is 13.3 Å². The molecule has 3 heteroatoms. The standard InChI is InChI=1S/C15H16INO/c1-11-9-15(6-5-12(11)7-8-17)18-14-4-2-3-13(16)10-14/h2-6,9-10H,7-8,17H2,1H3. The lowest BCUT2D eigenvalue weighted by Crippen LogP contribution is -2.04. The van der Waals surface area contributed by atoms with Crippen LogP contribution in [-0.4, -0.2) is 6.54 Å². The normalized spacial score (nSPS) is 10.4. The maximum Gasteiger partial charge on any atom is 0.128 e. The first-order valence-electron chi connectivity index (χ1n) is 5.92. The van der Waals surface area contributed by atoms with Crippen molar-refractivity contribution in [1.29, 1.82) is 0 Å². The zero-order valence-electron chi connectivity index (χ0n) is 10.3. The highest BCUT2D eigenvalue weighted by Gasteiger charge is 2.02.